The zero-order valence-electron chi connectivity index (χ0n) is 11.7. The molecule has 104 valence electrons. The number of likely N-dealkylation sites (tertiary alicyclic amines) is 1. The van der Waals surface area contributed by atoms with Crippen molar-refractivity contribution in [3.8, 4) is 0 Å². The molecule has 1 N–H and O–H groups in total. The Morgan fingerprint density at radius 1 is 1.50 bits per heavy atom. The van der Waals surface area contributed by atoms with Crippen LogP contribution < -0.4 is 5.32 Å². The van der Waals surface area contributed by atoms with E-state index in [9.17, 15) is 9.59 Å². The summed E-state index contributed by atoms with van der Waals surface area (Å²) in [6.45, 7) is 7.71. The van der Waals surface area contributed by atoms with Gasteiger partial charge < -0.3 is 15.0 Å². The van der Waals surface area contributed by atoms with Crippen LogP contribution in [-0.4, -0.2) is 49.6 Å². The predicted molar refractivity (Wildman–Crippen MR) is 69.0 cm³/mol. The highest BCUT2D eigenvalue weighted by Crippen LogP contribution is 2.20. The molecule has 1 heterocycles. The predicted octanol–water partition coefficient (Wildman–Crippen LogP) is 0.642. The molecule has 1 aliphatic rings. The minimum Gasteiger partial charge on any atom is -0.383 e. The van der Waals surface area contributed by atoms with Crippen LogP contribution in [0.15, 0.2) is 0 Å². The highest BCUT2D eigenvalue weighted by atomic mass is 16.5. The summed E-state index contributed by atoms with van der Waals surface area (Å²) in [6.07, 6.45) is 0.317. The van der Waals surface area contributed by atoms with Gasteiger partial charge in [0.2, 0.25) is 11.8 Å². The third-order valence-corrected chi connectivity index (χ3v) is 3.15. The summed E-state index contributed by atoms with van der Waals surface area (Å²) in [5.41, 5.74) is 0. The van der Waals surface area contributed by atoms with Crippen molar-refractivity contribution in [1.29, 1.82) is 0 Å². The number of methoxy groups -OCH3 is 1. The van der Waals surface area contributed by atoms with Gasteiger partial charge in [0.1, 0.15) is 0 Å². The van der Waals surface area contributed by atoms with Crippen molar-refractivity contribution in [1.82, 2.24) is 10.2 Å². The third-order valence-electron chi connectivity index (χ3n) is 3.15. The van der Waals surface area contributed by atoms with Gasteiger partial charge in [-0.05, 0) is 12.8 Å². The molecule has 1 rings (SSSR count). The number of carbonyl (C=O) groups excluding carboxylic acids is 2. The maximum absolute atomic E-state index is 11.9. The highest BCUT2D eigenvalue weighted by Gasteiger charge is 2.36. The van der Waals surface area contributed by atoms with Crippen LogP contribution in [0.1, 0.15) is 27.2 Å². The van der Waals surface area contributed by atoms with Crippen LogP contribution in [-0.2, 0) is 14.3 Å². The Balaban J connectivity index is 2.47. The summed E-state index contributed by atoms with van der Waals surface area (Å²) in [6, 6.07) is 0.0328. The second-order valence-corrected chi connectivity index (χ2v) is 5.39. The van der Waals surface area contributed by atoms with Crippen LogP contribution in [0.4, 0.5) is 0 Å². The lowest BCUT2D eigenvalue weighted by atomic mass is 10.1. The van der Waals surface area contributed by atoms with Gasteiger partial charge in [-0.3, -0.25) is 9.59 Å². The fourth-order valence-electron chi connectivity index (χ4n) is 2.11. The van der Waals surface area contributed by atoms with Gasteiger partial charge in [0, 0.05) is 26.6 Å². The Bertz CT molecular complexity index is 305. The van der Waals surface area contributed by atoms with Gasteiger partial charge in [0.25, 0.3) is 0 Å². The van der Waals surface area contributed by atoms with E-state index in [2.05, 4.69) is 5.32 Å². The summed E-state index contributed by atoms with van der Waals surface area (Å²) in [5.74, 6) is 0.249. The molecule has 18 heavy (non-hydrogen) atoms. The van der Waals surface area contributed by atoms with Crippen LogP contribution in [0.3, 0.4) is 0 Å². The Labute approximate surface area is 109 Å². The molecule has 1 saturated heterocycles. The number of ether oxygens (including phenoxy) is 1. The summed E-state index contributed by atoms with van der Waals surface area (Å²) in [5, 5.41) is 2.89. The van der Waals surface area contributed by atoms with Crippen molar-refractivity contribution in [2.45, 2.75) is 33.2 Å². The highest BCUT2D eigenvalue weighted by molar-refractivity contribution is 5.89. The minimum absolute atomic E-state index is 0.0100. The zero-order valence-corrected chi connectivity index (χ0v) is 11.7. The number of hydrogen-bond acceptors (Lipinski definition) is 3. The molecule has 1 aliphatic heterocycles. The van der Waals surface area contributed by atoms with Crippen molar-refractivity contribution in [3.63, 3.8) is 0 Å². The van der Waals surface area contributed by atoms with Gasteiger partial charge in [-0.1, -0.05) is 13.8 Å². The molecule has 5 nitrogen and oxygen atoms in total. The van der Waals surface area contributed by atoms with Crippen LogP contribution in [0.25, 0.3) is 0 Å². The van der Waals surface area contributed by atoms with E-state index in [1.165, 1.54) is 0 Å². The van der Waals surface area contributed by atoms with E-state index >= 15 is 0 Å². The molecule has 0 aromatic heterocycles. The smallest absolute Gasteiger partial charge is 0.225 e. The van der Waals surface area contributed by atoms with Gasteiger partial charge >= 0.3 is 0 Å². The first-order chi connectivity index (χ1) is 8.45. The first-order valence-corrected chi connectivity index (χ1v) is 6.51. The first kappa shape index (κ1) is 15.0. The number of rotatable bonds is 6. The van der Waals surface area contributed by atoms with E-state index in [0.29, 0.717) is 32.0 Å². The molecular formula is C13H24N2O3. The van der Waals surface area contributed by atoms with E-state index in [1.807, 2.05) is 20.8 Å². The molecule has 0 spiro atoms. The maximum Gasteiger partial charge on any atom is 0.225 e. The molecule has 0 saturated carbocycles. The summed E-state index contributed by atoms with van der Waals surface area (Å²) in [7, 11) is 1.61. The molecule has 0 unspecified atom stereocenters. The van der Waals surface area contributed by atoms with Crippen molar-refractivity contribution >= 4 is 11.8 Å². The van der Waals surface area contributed by atoms with Gasteiger partial charge in [0.15, 0.2) is 0 Å². The van der Waals surface area contributed by atoms with Crippen molar-refractivity contribution in [2.75, 3.05) is 26.8 Å². The number of nitrogens with zero attached hydrogens (tertiary/aromatic N) is 1. The van der Waals surface area contributed by atoms with Crippen LogP contribution in [0.2, 0.25) is 0 Å². The average molecular weight is 256 g/mol. The molecule has 0 aliphatic carbocycles. The number of nitrogens with one attached hydrogen (secondary N) is 1. The second-order valence-electron chi connectivity index (χ2n) is 5.39. The number of amides is 2. The average Bonchev–Trinajstić information content (AvgIpc) is 2.68. The van der Waals surface area contributed by atoms with Gasteiger partial charge in [-0.15, -0.1) is 0 Å². The molecule has 5 heteroatoms. The second kappa shape index (κ2) is 6.73. The summed E-state index contributed by atoms with van der Waals surface area (Å²) >= 11 is 0. The van der Waals surface area contributed by atoms with Gasteiger partial charge in [0.05, 0.1) is 18.6 Å². The van der Waals surface area contributed by atoms with Crippen molar-refractivity contribution in [2.24, 2.45) is 11.8 Å². The monoisotopic (exact) mass is 256 g/mol. The summed E-state index contributed by atoms with van der Waals surface area (Å²) < 4.78 is 5.04. The normalized spacial score (nSPS) is 21.5. The van der Waals surface area contributed by atoms with Gasteiger partial charge in [-0.25, -0.2) is 0 Å². The molecular weight excluding hydrogens is 232 g/mol. The van der Waals surface area contributed by atoms with Crippen LogP contribution >= 0.6 is 0 Å². The first-order valence-electron chi connectivity index (χ1n) is 6.51. The minimum atomic E-state index is -0.212. The lowest BCUT2D eigenvalue weighted by Crippen LogP contribution is -2.39. The third kappa shape index (κ3) is 3.98. The van der Waals surface area contributed by atoms with Crippen molar-refractivity contribution < 1.29 is 14.3 Å². The summed E-state index contributed by atoms with van der Waals surface area (Å²) in [4.78, 5) is 25.5. The van der Waals surface area contributed by atoms with Gasteiger partial charge in [-0.2, -0.15) is 0 Å². The molecule has 1 fully saturated rings. The van der Waals surface area contributed by atoms with E-state index in [-0.39, 0.29) is 23.8 Å². The Kier molecular flexibility index (Phi) is 5.59. The molecule has 0 aromatic rings. The Morgan fingerprint density at radius 3 is 2.72 bits per heavy atom. The molecule has 0 aromatic carbocycles. The van der Waals surface area contributed by atoms with Crippen molar-refractivity contribution in [3.05, 3.63) is 0 Å². The molecule has 0 radical (unpaired) electrons. The lowest BCUT2D eigenvalue weighted by Gasteiger charge is -2.24. The largest absolute Gasteiger partial charge is 0.383 e. The zero-order chi connectivity index (χ0) is 13.7. The lowest BCUT2D eigenvalue weighted by molar-refractivity contribution is -0.130. The standard InChI is InChI=1S/C13H24N2O3/c1-9(2)6-14-13(17)11-5-12(16)15(7-11)10(3)8-18-4/h9-11H,5-8H2,1-4H3,(H,14,17)/t10-,11+/m0/s1. The van der Waals surface area contributed by atoms with E-state index in [1.54, 1.807) is 12.0 Å². The van der Waals surface area contributed by atoms with E-state index in [4.69, 9.17) is 4.74 Å². The van der Waals surface area contributed by atoms with E-state index in [0.717, 1.165) is 0 Å². The SMILES string of the molecule is COC[C@H](C)N1C[C@H](C(=O)NCC(C)C)CC1=O. The molecule has 0 bridgehead atoms. The topological polar surface area (TPSA) is 58.6 Å². The maximum atomic E-state index is 11.9. The fourth-order valence-corrected chi connectivity index (χ4v) is 2.11. The molecule has 2 amide bonds. The van der Waals surface area contributed by atoms with E-state index < -0.39 is 0 Å². The van der Waals surface area contributed by atoms with Crippen LogP contribution in [0.5, 0.6) is 0 Å². The number of hydrogen-bond donors (Lipinski definition) is 1. The number of carbonyl (C=O) groups is 2. The fraction of sp³-hybridized carbons (Fsp3) is 0.846. The van der Waals surface area contributed by atoms with Crippen LogP contribution in [0, 0.1) is 11.8 Å². The quantitative estimate of drug-likeness (QED) is 0.759. The Morgan fingerprint density at radius 2 is 2.17 bits per heavy atom. The Hall–Kier alpha value is -1.10. The molecule has 2 atom stereocenters.